The van der Waals surface area contributed by atoms with Gasteiger partial charge in [0.05, 0.1) is 5.69 Å². The summed E-state index contributed by atoms with van der Waals surface area (Å²) in [5.41, 5.74) is 5.11. The Morgan fingerprint density at radius 2 is 2.04 bits per heavy atom. The smallest absolute Gasteiger partial charge is 0.131 e. The first-order valence-corrected chi connectivity index (χ1v) is 10.3. The summed E-state index contributed by atoms with van der Waals surface area (Å²) in [6.07, 6.45) is 13.1. The monoisotopic (exact) mass is 353 g/mol. The molecule has 0 aromatic carbocycles. The van der Waals surface area contributed by atoms with Gasteiger partial charge in [-0.25, -0.2) is 9.97 Å². The van der Waals surface area contributed by atoms with Crippen LogP contribution in [0.25, 0.3) is 0 Å². The molecule has 2 aromatic heterocycles. The van der Waals surface area contributed by atoms with E-state index in [1.54, 1.807) is 0 Å². The molecule has 0 atom stereocenters. The lowest BCUT2D eigenvalue weighted by Crippen LogP contribution is -2.31. The van der Waals surface area contributed by atoms with Crippen molar-refractivity contribution < 1.29 is 0 Å². The standard InChI is InChI=1S/C21H31N5/c1-3-10-26-15-19(16(2)24-26)14-25-11-9-20-18(13-25)12-22-21(23-20)17-7-5-4-6-8-17/h12,15,17H,3-11,13-14H2,1-2H3. The molecule has 0 unspecified atom stereocenters. The van der Waals surface area contributed by atoms with Crippen LogP contribution in [0.4, 0.5) is 0 Å². The highest BCUT2D eigenvalue weighted by molar-refractivity contribution is 5.23. The second kappa shape index (κ2) is 7.87. The average molecular weight is 354 g/mol. The predicted octanol–water partition coefficient (Wildman–Crippen LogP) is 4.00. The molecule has 1 fully saturated rings. The van der Waals surface area contributed by atoms with E-state index in [0.717, 1.165) is 50.5 Å². The van der Waals surface area contributed by atoms with E-state index in [1.165, 1.54) is 48.9 Å². The van der Waals surface area contributed by atoms with Gasteiger partial charge in [0, 0.05) is 67.7 Å². The molecular formula is C21H31N5. The summed E-state index contributed by atoms with van der Waals surface area (Å²) in [6, 6.07) is 0. The summed E-state index contributed by atoms with van der Waals surface area (Å²) < 4.78 is 2.09. The molecule has 2 aliphatic rings. The molecule has 140 valence electrons. The predicted molar refractivity (Wildman–Crippen MR) is 103 cm³/mol. The lowest BCUT2D eigenvalue weighted by Gasteiger charge is -2.29. The van der Waals surface area contributed by atoms with Crippen LogP contribution in [0.5, 0.6) is 0 Å². The van der Waals surface area contributed by atoms with Gasteiger partial charge in [-0.15, -0.1) is 0 Å². The topological polar surface area (TPSA) is 46.8 Å². The third-order valence-electron chi connectivity index (χ3n) is 5.90. The average Bonchev–Trinajstić information content (AvgIpc) is 3.01. The Hall–Kier alpha value is -1.75. The normalized spacial score (nSPS) is 18.8. The maximum absolute atomic E-state index is 4.97. The minimum absolute atomic E-state index is 0.596. The largest absolute Gasteiger partial charge is 0.294 e. The third-order valence-corrected chi connectivity index (χ3v) is 5.90. The van der Waals surface area contributed by atoms with Crippen LogP contribution in [0.2, 0.25) is 0 Å². The summed E-state index contributed by atoms with van der Waals surface area (Å²) in [4.78, 5) is 12.2. The zero-order valence-electron chi connectivity index (χ0n) is 16.2. The Morgan fingerprint density at radius 3 is 2.85 bits per heavy atom. The number of hydrogen-bond donors (Lipinski definition) is 0. The van der Waals surface area contributed by atoms with Gasteiger partial charge >= 0.3 is 0 Å². The van der Waals surface area contributed by atoms with Crippen LogP contribution >= 0.6 is 0 Å². The summed E-state index contributed by atoms with van der Waals surface area (Å²) in [6.45, 7) is 8.32. The molecule has 3 heterocycles. The van der Waals surface area contributed by atoms with Gasteiger partial charge in [-0.1, -0.05) is 26.2 Å². The van der Waals surface area contributed by atoms with Crippen molar-refractivity contribution in [2.45, 2.75) is 84.3 Å². The summed E-state index contributed by atoms with van der Waals surface area (Å²) in [5.74, 6) is 1.70. The van der Waals surface area contributed by atoms with Crippen molar-refractivity contribution in [1.29, 1.82) is 0 Å². The van der Waals surface area contributed by atoms with Gasteiger partial charge < -0.3 is 0 Å². The van der Waals surface area contributed by atoms with Gasteiger partial charge in [0.2, 0.25) is 0 Å². The second-order valence-corrected chi connectivity index (χ2v) is 8.00. The highest BCUT2D eigenvalue weighted by Gasteiger charge is 2.23. The summed E-state index contributed by atoms with van der Waals surface area (Å²) in [7, 11) is 0. The van der Waals surface area contributed by atoms with Crippen LogP contribution in [0.3, 0.4) is 0 Å². The van der Waals surface area contributed by atoms with Crippen LogP contribution in [-0.4, -0.2) is 31.2 Å². The Balaban J connectivity index is 1.43. The van der Waals surface area contributed by atoms with Crippen LogP contribution in [0.1, 0.15) is 79.7 Å². The third kappa shape index (κ3) is 3.83. The van der Waals surface area contributed by atoms with Crippen molar-refractivity contribution >= 4 is 0 Å². The summed E-state index contributed by atoms with van der Waals surface area (Å²) >= 11 is 0. The summed E-state index contributed by atoms with van der Waals surface area (Å²) in [5, 5.41) is 4.64. The Labute approximate surface area is 156 Å². The minimum Gasteiger partial charge on any atom is -0.294 e. The molecule has 2 aromatic rings. The first-order chi connectivity index (χ1) is 12.7. The lowest BCUT2D eigenvalue weighted by atomic mass is 9.88. The zero-order chi connectivity index (χ0) is 17.9. The van der Waals surface area contributed by atoms with Crippen molar-refractivity contribution in [2.24, 2.45) is 0 Å². The van der Waals surface area contributed by atoms with Crippen molar-refractivity contribution in [3.63, 3.8) is 0 Å². The maximum atomic E-state index is 4.97. The number of rotatable bonds is 5. The first-order valence-electron chi connectivity index (χ1n) is 10.3. The highest BCUT2D eigenvalue weighted by Crippen LogP contribution is 2.31. The van der Waals surface area contributed by atoms with Gasteiger partial charge in [0.1, 0.15) is 5.82 Å². The SMILES string of the molecule is CCCn1cc(CN2CCc3nc(C4CCCCC4)ncc3C2)c(C)n1. The van der Waals surface area contributed by atoms with Crippen molar-refractivity contribution in [1.82, 2.24) is 24.6 Å². The van der Waals surface area contributed by atoms with Gasteiger partial charge in [-0.05, 0) is 26.2 Å². The molecule has 5 nitrogen and oxygen atoms in total. The fraction of sp³-hybridized carbons (Fsp3) is 0.667. The zero-order valence-corrected chi connectivity index (χ0v) is 16.2. The molecule has 1 aliphatic heterocycles. The maximum Gasteiger partial charge on any atom is 0.131 e. The van der Waals surface area contributed by atoms with E-state index < -0.39 is 0 Å². The number of aromatic nitrogens is 4. The molecule has 0 saturated heterocycles. The molecular weight excluding hydrogens is 322 g/mol. The minimum atomic E-state index is 0.596. The van der Waals surface area contributed by atoms with E-state index >= 15 is 0 Å². The molecule has 0 spiro atoms. The molecule has 5 heteroatoms. The molecule has 1 aliphatic carbocycles. The number of aryl methyl sites for hydroxylation is 2. The highest BCUT2D eigenvalue weighted by atomic mass is 15.3. The fourth-order valence-electron chi connectivity index (χ4n) is 4.38. The Morgan fingerprint density at radius 1 is 1.19 bits per heavy atom. The number of fused-ring (bicyclic) bond motifs is 1. The molecule has 0 bridgehead atoms. The lowest BCUT2D eigenvalue weighted by molar-refractivity contribution is 0.241. The van der Waals surface area contributed by atoms with Crippen molar-refractivity contribution in [3.05, 3.63) is 40.7 Å². The Kier molecular flexibility index (Phi) is 5.34. The van der Waals surface area contributed by atoms with E-state index in [1.807, 2.05) is 0 Å². The van der Waals surface area contributed by atoms with Gasteiger partial charge in [-0.2, -0.15) is 5.10 Å². The van der Waals surface area contributed by atoms with Crippen LogP contribution in [-0.2, 0) is 26.1 Å². The molecule has 0 N–H and O–H groups in total. The van der Waals surface area contributed by atoms with Crippen LogP contribution < -0.4 is 0 Å². The van der Waals surface area contributed by atoms with Crippen molar-refractivity contribution in [2.75, 3.05) is 6.54 Å². The number of nitrogens with zero attached hydrogens (tertiary/aromatic N) is 5. The van der Waals surface area contributed by atoms with E-state index in [2.05, 4.69) is 40.9 Å². The number of hydrogen-bond acceptors (Lipinski definition) is 4. The van der Waals surface area contributed by atoms with E-state index in [9.17, 15) is 0 Å². The van der Waals surface area contributed by atoms with Gasteiger partial charge in [0.25, 0.3) is 0 Å². The quantitative estimate of drug-likeness (QED) is 0.815. The van der Waals surface area contributed by atoms with E-state index in [-0.39, 0.29) is 0 Å². The molecule has 26 heavy (non-hydrogen) atoms. The molecule has 0 radical (unpaired) electrons. The van der Waals surface area contributed by atoms with Gasteiger partial charge in [0.15, 0.2) is 0 Å². The van der Waals surface area contributed by atoms with Crippen LogP contribution in [0.15, 0.2) is 12.4 Å². The van der Waals surface area contributed by atoms with E-state index in [4.69, 9.17) is 9.97 Å². The van der Waals surface area contributed by atoms with E-state index in [0.29, 0.717) is 5.92 Å². The molecule has 4 rings (SSSR count). The molecule has 1 saturated carbocycles. The van der Waals surface area contributed by atoms with Crippen LogP contribution in [0, 0.1) is 6.92 Å². The Bertz CT molecular complexity index is 745. The first kappa shape index (κ1) is 17.7. The fourth-order valence-corrected chi connectivity index (χ4v) is 4.38. The second-order valence-electron chi connectivity index (χ2n) is 8.00. The van der Waals surface area contributed by atoms with Gasteiger partial charge in [-0.3, -0.25) is 9.58 Å². The van der Waals surface area contributed by atoms with Crippen molar-refractivity contribution in [3.8, 4) is 0 Å². The molecule has 0 amide bonds.